The molecule has 1 N–H and O–H groups in total. The first kappa shape index (κ1) is 15.4. The second-order valence-corrected chi connectivity index (χ2v) is 6.83. The Morgan fingerprint density at radius 1 is 1.13 bits per heavy atom. The second kappa shape index (κ2) is 5.31. The largest absolute Gasteiger partial charge is 0.507 e. The van der Waals surface area contributed by atoms with Crippen LogP contribution < -0.4 is 4.74 Å². The third-order valence-electron chi connectivity index (χ3n) is 4.73. The van der Waals surface area contributed by atoms with E-state index in [1.807, 2.05) is 26.0 Å². The standard InChI is InChI=1S/C20H21NO2/c1-12-13(2)19-16(9-10-20(3,4)23-19)17(18(12)22)15-7-5-14(11-21)6-8-15/h5-8,22H,9-10H2,1-4H3. The van der Waals surface area contributed by atoms with Gasteiger partial charge in [-0.05, 0) is 69.4 Å². The Morgan fingerprint density at radius 3 is 2.39 bits per heavy atom. The highest BCUT2D eigenvalue weighted by Crippen LogP contribution is 2.47. The van der Waals surface area contributed by atoms with Gasteiger partial charge in [0.25, 0.3) is 0 Å². The van der Waals surface area contributed by atoms with Gasteiger partial charge >= 0.3 is 0 Å². The summed E-state index contributed by atoms with van der Waals surface area (Å²) in [7, 11) is 0. The summed E-state index contributed by atoms with van der Waals surface area (Å²) in [5, 5.41) is 19.7. The van der Waals surface area contributed by atoms with Gasteiger partial charge in [-0.2, -0.15) is 5.26 Å². The molecule has 0 radical (unpaired) electrons. The van der Waals surface area contributed by atoms with Crippen molar-refractivity contribution in [3.8, 4) is 28.7 Å². The lowest BCUT2D eigenvalue weighted by Crippen LogP contribution is -2.33. The van der Waals surface area contributed by atoms with E-state index in [4.69, 9.17) is 10.00 Å². The van der Waals surface area contributed by atoms with Crippen molar-refractivity contribution in [2.24, 2.45) is 0 Å². The molecule has 0 bridgehead atoms. The first-order chi connectivity index (χ1) is 10.8. The van der Waals surface area contributed by atoms with E-state index < -0.39 is 0 Å². The first-order valence-electron chi connectivity index (χ1n) is 7.88. The monoisotopic (exact) mass is 307 g/mol. The molecule has 0 spiro atoms. The third kappa shape index (κ3) is 2.55. The highest BCUT2D eigenvalue weighted by molar-refractivity contribution is 5.80. The molecule has 0 saturated carbocycles. The molecular weight excluding hydrogens is 286 g/mol. The van der Waals surface area contributed by atoms with Crippen LogP contribution in [0, 0.1) is 25.2 Å². The van der Waals surface area contributed by atoms with E-state index >= 15 is 0 Å². The van der Waals surface area contributed by atoms with E-state index in [9.17, 15) is 5.11 Å². The summed E-state index contributed by atoms with van der Waals surface area (Å²) in [6, 6.07) is 9.47. The van der Waals surface area contributed by atoms with Crippen LogP contribution in [0.15, 0.2) is 24.3 Å². The predicted molar refractivity (Wildman–Crippen MR) is 90.8 cm³/mol. The van der Waals surface area contributed by atoms with E-state index in [2.05, 4.69) is 19.9 Å². The fourth-order valence-corrected chi connectivity index (χ4v) is 3.17. The van der Waals surface area contributed by atoms with Crippen LogP contribution in [0.3, 0.4) is 0 Å². The number of nitrogens with zero attached hydrogens (tertiary/aromatic N) is 1. The van der Waals surface area contributed by atoms with Crippen LogP contribution in [0.5, 0.6) is 11.5 Å². The SMILES string of the molecule is Cc1c(C)c2c(c(-c3ccc(C#N)cc3)c1O)CCC(C)(C)O2. The van der Waals surface area contributed by atoms with E-state index in [1.165, 1.54) is 0 Å². The Balaban J connectivity index is 2.25. The topological polar surface area (TPSA) is 53.2 Å². The number of phenolic OH excluding ortho intramolecular Hbond substituents is 1. The van der Waals surface area contributed by atoms with Gasteiger partial charge in [0, 0.05) is 11.1 Å². The Bertz CT molecular complexity index is 811. The zero-order valence-corrected chi connectivity index (χ0v) is 14.0. The quantitative estimate of drug-likeness (QED) is 0.834. The summed E-state index contributed by atoms with van der Waals surface area (Å²) in [6.45, 7) is 8.11. The van der Waals surface area contributed by atoms with Crippen molar-refractivity contribution in [1.82, 2.24) is 0 Å². The summed E-state index contributed by atoms with van der Waals surface area (Å²) in [5.74, 6) is 1.21. The number of benzene rings is 2. The van der Waals surface area contributed by atoms with Crippen LogP contribution in [0.4, 0.5) is 0 Å². The molecule has 3 heteroatoms. The van der Waals surface area contributed by atoms with Crippen molar-refractivity contribution in [1.29, 1.82) is 5.26 Å². The Hall–Kier alpha value is -2.47. The van der Waals surface area contributed by atoms with Crippen LogP contribution >= 0.6 is 0 Å². The van der Waals surface area contributed by atoms with Crippen molar-refractivity contribution in [3.63, 3.8) is 0 Å². The molecule has 23 heavy (non-hydrogen) atoms. The van der Waals surface area contributed by atoms with Gasteiger partial charge in [0.05, 0.1) is 11.6 Å². The van der Waals surface area contributed by atoms with Crippen molar-refractivity contribution < 1.29 is 9.84 Å². The lowest BCUT2D eigenvalue weighted by molar-refractivity contribution is 0.0836. The molecule has 0 amide bonds. The molecule has 2 aromatic rings. The third-order valence-corrected chi connectivity index (χ3v) is 4.73. The average Bonchev–Trinajstić information content (AvgIpc) is 2.54. The smallest absolute Gasteiger partial charge is 0.127 e. The minimum atomic E-state index is -0.191. The Labute approximate surface area is 137 Å². The van der Waals surface area contributed by atoms with Crippen LogP contribution in [0.1, 0.15) is 42.5 Å². The zero-order chi connectivity index (χ0) is 16.8. The van der Waals surface area contributed by atoms with E-state index in [-0.39, 0.29) is 5.60 Å². The van der Waals surface area contributed by atoms with E-state index in [0.717, 1.165) is 46.4 Å². The maximum Gasteiger partial charge on any atom is 0.127 e. The number of fused-ring (bicyclic) bond motifs is 1. The number of ether oxygens (including phenoxy) is 1. The molecule has 3 rings (SSSR count). The van der Waals surface area contributed by atoms with Gasteiger partial charge in [-0.1, -0.05) is 12.1 Å². The molecule has 0 unspecified atom stereocenters. The predicted octanol–water partition coefficient (Wildman–Crippen LogP) is 4.65. The van der Waals surface area contributed by atoms with Crippen LogP contribution in [0.2, 0.25) is 0 Å². The fraction of sp³-hybridized carbons (Fsp3) is 0.350. The van der Waals surface area contributed by atoms with Gasteiger partial charge in [-0.15, -0.1) is 0 Å². The zero-order valence-electron chi connectivity index (χ0n) is 14.0. The minimum absolute atomic E-state index is 0.191. The molecule has 0 aromatic heterocycles. The summed E-state index contributed by atoms with van der Waals surface area (Å²) in [4.78, 5) is 0. The number of hydrogen-bond donors (Lipinski definition) is 1. The van der Waals surface area contributed by atoms with Crippen LogP contribution in [-0.4, -0.2) is 10.7 Å². The van der Waals surface area contributed by atoms with Crippen molar-refractivity contribution in [3.05, 3.63) is 46.5 Å². The number of aromatic hydroxyl groups is 1. The maximum absolute atomic E-state index is 10.7. The van der Waals surface area contributed by atoms with Gasteiger partial charge in [-0.3, -0.25) is 0 Å². The number of hydrogen-bond acceptors (Lipinski definition) is 3. The van der Waals surface area contributed by atoms with E-state index in [0.29, 0.717) is 11.3 Å². The maximum atomic E-state index is 10.7. The van der Waals surface area contributed by atoms with Gasteiger partial charge in [-0.25, -0.2) is 0 Å². The Kier molecular flexibility index (Phi) is 3.56. The van der Waals surface area contributed by atoms with Gasteiger partial charge in [0.2, 0.25) is 0 Å². The lowest BCUT2D eigenvalue weighted by Gasteiger charge is -2.35. The Morgan fingerprint density at radius 2 is 1.78 bits per heavy atom. The lowest BCUT2D eigenvalue weighted by atomic mass is 9.85. The summed E-state index contributed by atoms with van der Waals surface area (Å²) >= 11 is 0. The van der Waals surface area contributed by atoms with Gasteiger partial charge in [0.1, 0.15) is 17.1 Å². The molecule has 0 aliphatic carbocycles. The average molecular weight is 307 g/mol. The number of nitriles is 1. The fourth-order valence-electron chi connectivity index (χ4n) is 3.17. The first-order valence-corrected chi connectivity index (χ1v) is 7.88. The molecule has 118 valence electrons. The number of phenols is 1. The molecule has 1 heterocycles. The summed E-state index contributed by atoms with van der Waals surface area (Å²) in [6.07, 6.45) is 1.78. The highest BCUT2D eigenvalue weighted by Gasteiger charge is 2.32. The molecule has 1 aliphatic rings. The molecule has 0 saturated heterocycles. The van der Waals surface area contributed by atoms with Crippen molar-refractivity contribution >= 4 is 0 Å². The molecule has 3 nitrogen and oxygen atoms in total. The van der Waals surface area contributed by atoms with Crippen molar-refractivity contribution in [2.75, 3.05) is 0 Å². The van der Waals surface area contributed by atoms with Crippen molar-refractivity contribution in [2.45, 2.75) is 46.1 Å². The summed E-state index contributed by atoms with van der Waals surface area (Å²) < 4.78 is 6.23. The normalized spacial score (nSPS) is 15.4. The highest BCUT2D eigenvalue weighted by atomic mass is 16.5. The molecule has 1 aliphatic heterocycles. The van der Waals surface area contributed by atoms with Crippen LogP contribution in [-0.2, 0) is 6.42 Å². The van der Waals surface area contributed by atoms with E-state index in [1.54, 1.807) is 12.1 Å². The molecular formula is C20H21NO2. The second-order valence-electron chi connectivity index (χ2n) is 6.83. The number of rotatable bonds is 1. The van der Waals surface area contributed by atoms with Gasteiger partial charge in [0.15, 0.2) is 0 Å². The molecule has 0 fully saturated rings. The van der Waals surface area contributed by atoms with Gasteiger partial charge < -0.3 is 9.84 Å². The summed E-state index contributed by atoms with van der Waals surface area (Å²) in [5.41, 5.74) is 5.09. The molecule has 2 aromatic carbocycles. The van der Waals surface area contributed by atoms with Crippen LogP contribution in [0.25, 0.3) is 11.1 Å². The molecule has 0 atom stereocenters. The minimum Gasteiger partial charge on any atom is -0.507 e.